The fourth-order valence-corrected chi connectivity index (χ4v) is 1.24. The van der Waals surface area contributed by atoms with Gasteiger partial charge in [0.15, 0.2) is 0 Å². The molecule has 0 radical (unpaired) electrons. The van der Waals surface area contributed by atoms with E-state index in [1.54, 1.807) is 6.33 Å². The van der Waals surface area contributed by atoms with Crippen LogP contribution >= 0.6 is 0 Å². The second kappa shape index (κ2) is 6.44. The van der Waals surface area contributed by atoms with E-state index in [0.717, 1.165) is 18.8 Å². The lowest BCUT2D eigenvalue weighted by Crippen LogP contribution is -2.10. The summed E-state index contributed by atoms with van der Waals surface area (Å²) in [6.45, 7) is 2.64. The number of alkyl halides is 2. The van der Waals surface area contributed by atoms with Crippen LogP contribution < -0.4 is 0 Å². The van der Waals surface area contributed by atoms with Gasteiger partial charge in [0.1, 0.15) is 18.8 Å². The van der Waals surface area contributed by atoms with Crippen molar-refractivity contribution in [2.24, 2.45) is 0 Å². The zero-order valence-electron chi connectivity index (χ0n) is 8.70. The van der Waals surface area contributed by atoms with Crippen LogP contribution in [0.3, 0.4) is 0 Å². The minimum Gasteiger partial charge on any atom is -0.375 e. The van der Waals surface area contributed by atoms with Crippen molar-refractivity contribution < 1.29 is 13.5 Å². The van der Waals surface area contributed by atoms with Crippen LogP contribution in [0.2, 0.25) is 0 Å². The van der Waals surface area contributed by atoms with Crippen LogP contribution in [0, 0.1) is 0 Å². The van der Waals surface area contributed by atoms with Gasteiger partial charge in [-0.2, -0.15) is 0 Å². The van der Waals surface area contributed by atoms with Gasteiger partial charge in [0.05, 0.1) is 6.61 Å². The van der Waals surface area contributed by atoms with Crippen LogP contribution in [0.15, 0.2) is 6.33 Å². The number of hydrogen-bond acceptors (Lipinski definition) is 3. The fourth-order valence-electron chi connectivity index (χ4n) is 1.24. The Labute approximate surface area is 87.3 Å². The minimum atomic E-state index is -2.40. The molecule has 0 atom stereocenters. The van der Waals surface area contributed by atoms with Crippen LogP contribution in [-0.4, -0.2) is 34.4 Å². The molecule has 0 aliphatic heterocycles. The molecule has 0 aliphatic carbocycles. The first kappa shape index (κ1) is 12.0. The molecule has 0 amide bonds. The Hall–Kier alpha value is -1.04. The molecular formula is C9H15F2N3O. The van der Waals surface area contributed by atoms with Gasteiger partial charge in [0.25, 0.3) is 6.43 Å². The highest BCUT2D eigenvalue weighted by Crippen LogP contribution is 1.99. The van der Waals surface area contributed by atoms with Gasteiger partial charge in [-0.05, 0) is 6.42 Å². The predicted molar refractivity (Wildman–Crippen MR) is 50.8 cm³/mol. The van der Waals surface area contributed by atoms with E-state index in [1.165, 1.54) is 0 Å². The smallest absolute Gasteiger partial charge is 0.261 e. The zero-order valence-corrected chi connectivity index (χ0v) is 8.70. The predicted octanol–water partition coefficient (Wildman–Crippen LogP) is 1.51. The molecule has 6 heteroatoms. The van der Waals surface area contributed by atoms with Crippen molar-refractivity contribution in [1.82, 2.24) is 14.8 Å². The van der Waals surface area contributed by atoms with Gasteiger partial charge in [-0.25, -0.2) is 8.78 Å². The van der Waals surface area contributed by atoms with E-state index in [2.05, 4.69) is 17.1 Å². The Morgan fingerprint density at radius 2 is 2.33 bits per heavy atom. The molecule has 0 unspecified atom stereocenters. The first-order chi connectivity index (χ1) is 7.24. The quantitative estimate of drug-likeness (QED) is 0.653. The molecule has 0 saturated carbocycles. The summed E-state index contributed by atoms with van der Waals surface area (Å²) in [4.78, 5) is 0. The average Bonchev–Trinajstić information content (AvgIpc) is 2.61. The van der Waals surface area contributed by atoms with E-state index in [4.69, 9.17) is 4.74 Å². The lowest BCUT2D eigenvalue weighted by Gasteiger charge is -2.05. The number of hydrogen-bond donors (Lipinski definition) is 0. The molecule has 1 aromatic rings. The van der Waals surface area contributed by atoms with Gasteiger partial charge in [-0.1, -0.05) is 6.92 Å². The van der Waals surface area contributed by atoms with Crippen LogP contribution in [0.5, 0.6) is 0 Å². The van der Waals surface area contributed by atoms with E-state index in [0.29, 0.717) is 6.42 Å². The molecule has 1 rings (SSSR count). The van der Waals surface area contributed by atoms with E-state index in [9.17, 15) is 8.78 Å². The van der Waals surface area contributed by atoms with Gasteiger partial charge in [-0.15, -0.1) is 10.2 Å². The van der Waals surface area contributed by atoms with Gasteiger partial charge >= 0.3 is 0 Å². The van der Waals surface area contributed by atoms with Crippen molar-refractivity contribution in [3.05, 3.63) is 12.2 Å². The van der Waals surface area contributed by atoms with E-state index in [1.807, 2.05) is 4.57 Å². The average molecular weight is 219 g/mol. The zero-order chi connectivity index (χ0) is 11.1. The fraction of sp³-hybridized carbons (Fsp3) is 0.778. The Morgan fingerprint density at radius 1 is 1.53 bits per heavy atom. The highest BCUT2D eigenvalue weighted by atomic mass is 19.3. The minimum absolute atomic E-state index is 0.257. The summed E-state index contributed by atoms with van der Waals surface area (Å²) in [5.74, 6) is 0.783. The highest BCUT2D eigenvalue weighted by molar-refractivity contribution is 4.85. The van der Waals surface area contributed by atoms with E-state index < -0.39 is 13.0 Å². The third-order valence-electron chi connectivity index (χ3n) is 1.87. The summed E-state index contributed by atoms with van der Waals surface area (Å²) in [5, 5.41) is 7.66. The molecule has 0 bridgehead atoms. The van der Waals surface area contributed by atoms with Crippen molar-refractivity contribution in [1.29, 1.82) is 0 Å². The maximum Gasteiger partial charge on any atom is 0.261 e. The van der Waals surface area contributed by atoms with E-state index >= 15 is 0 Å². The van der Waals surface area contributed by atoms with E-state index in [-0.39, 0.29) is 6.61 Å². The normalized spacial score (nSPS) is 11.2. The topological polar surface area (TPSA) is 39.9 Å². The Morgan fingerprint density at radius 3 is 3.00 bits per heavy atom. The van der Waals surface area contributed by atoms with Gasteiger partial charge < -0.3 is 9.30 Å². The standard InChI is InChI=1S/C9H15F2N3O/c1-2-4-14-7-12-13-9(14)3-5-15-6-8(10)11/h7-8H,2-6H2,1H3. The molecule has 0 saturated heterocycles. The highest BCUT2D eigenvalue weighted by Gasteiger charge is 2.05. The van der Waals surface area contributed by atoms with Gasteiger partial charge in [0.2, 0.25) is 0 Å². The monoisotopic (exact) mass is 219 g/mol. The van der Waals surface area contributed by atoms with Gasteiger partial charge in [0, 0.05) is 13.0 Å². The van der Waals surface area contributed by atoms with Crippen molar-refractivity contribution in [3.8, 4) is 0 Å². The molecule has 0 aromatic carbocycles. The van der Waals surface area contributed by atoms with Crippen LogP contribution in [0.4, 0.5) is 8.78 Å². The summed E-state index contributed by atoms with van der Waals surface area (Å²) >= 11 is 0. The number of halogens is 2. The van der Waals surface area contributed by atoms with Crippen molar-refractivity contribution in [2.75, 3.05) is 13.2 Å². The molecule has 1 aromatic heterocycles. The van der Waals surface area contributed by atoms with Gasteiger partial charge in [-0.3, -0.25) is 0 Å². The van der Waals surface area contributed by atoms with Crippen LogP contribution in [-0.2, 0) is 17.7 Å². The Balaban J connectivity index is 2.27. The Kier molecular flexibility index (Phi) is 5.17. The third kappa shape index (κ3) is 4.33. The summed E-state index contributed by atoms with van der Waals surface area (Å²) in [7, 11) is 0. The molecule has 4 nitrogen and oxygen atoms in total. The Bertz CT molecular complexity index is 278. The number of ether oxygens (including phenoxy) is 1. The van der Waals surface area contributed by atoms with Crippen molar-refractivity contribution in [2.45, 2.75) is 32.7 Å². The second-order valence-corrected chi connectivity index (χ2v) is 3.16. The molecule has 0 aliphatic rings. The van der Waals surface area contributed by atoms with Crippen LogP contribution in [0.25, 0.3) is 0 Å². The lowest BCUT2D eigenvalue weighted by atomic mass is 10.4. The lowest BCUT2D eigenvalue weighted by molar-refractivity contribution is 0.0181. The number of nitrogens with zero attached hydrogens (tertiary/aromatic N) is 3. The molecule has 0 N–H and O–H groups in total. The summed E-state index contributed by atoms with van der Waals surface area (Å²) in [5.41, 5.74) is 0. The maximum absolute atomic E-state index is 11.7. The first-order valence-corrected chi connectivity index (χ1v) is 4.96. The van der Waals surface area contributed by atoms with Crippen LogP contribution in [0.1, 0.15) is 19.2 Å². The maximum atomic E-state index is 11.7. The first-order valence-electron chi connectivity index (χ1n) is 4.96. The number of rotatable bonds is 7. The molecule has 15 heavy (non-hydrogen) atoms. The largest absolute Gasteiger partial charge is 0.375 e. The SMILES string of the molecule is CCCn1cnnc1CCOCC(F)F. The molecule has 86 valence electrons. The summed E-state index contributed by atoms with van der Waals surface area (Å²) in [6.07, 6.45) is 0.750. The molecule has 0 spiro atoms. The molecular weight excluding hydrogens is 204 g/mol. The summed E-state index contributed by atoms with van der Waals surface area (Å²) in [6, 6.07) is 0. The van der Waals surface area contributed by atoms with Crippen molar-refractivity contribution >= 4 is 0 Å². The third-order valence-corrected chi connectivity index (χ3v) is 1.87. The second-order valence-electron chi connectivity index (χ2n) is 3.16. The summed E-state index contributed by atoms with van der Waals surface area (Å²) < 4.78 is 30.2. The number of aryl methyl sites for hydroxylation is 1. The molecule has 0 fully saturated rings. The number of aromatic nitrogens is 3. The van der Waals surface area contributed by atoms with Crippen molar-refractivity contribution in [3.63, 3.8) is 0 Å². The molecule has 1 heterocycles.